The highest BCUT2D eigenvalue weighted by Gasteiger charge is 2.07. The van der Waals surface area contributed by atoms with Crippen LogP contribution in [0.5, 0.6) is 0 Å². The first kappa shape index (κ1) is 10.1. The van der Waals surface area contributed by atoms with Gasteiger partial charge in [0.2, 0.25) is 6.08 Å². The topological polar surface area (TPSA) is 42.3 Å². The number of hydrogen-bond acceptors (Lipinski definition) is 3. The van der Waals surface area contributed by atoms with E-state index < -0.39 is 5.82 Å². The summed E-state index contributed by atoms with van der Waals surface area (Å²) >= 11 is 10.9. The van der Waals surface area contributed by atoms with Crippen LogP contribution >= 0.6 is 23.2 Å². The second-order valence-electron chi connectivity index (χ2n) is 2.12. The van der Waals surface area contributed by atoms with Gasteiger partial charge in [-0.1, -0.05) is 23.2 Å². The van der Waals surface area contributed by atoms with E-state index in [1.54, 1.807) is 0 Å². The van der Waals surface area contributed by atoms with Crippen molar-refractivity contribution < 1.29 is 9.18 Å². The number of aliphatic imine (C=N–C) groups is 1. The fourth-order valence-corrected chi connectivity index (χ4v) is 1.09. The maximum absolute atomic E-state index is 12.8. The van der Waals surface area contributed by atoms with E-state index in [1.165, 1.54) is 6.08 Å². The highest BCUT2D eigenvalue weighted by molar-refractivity contribution is 6.32. The van der Waals surface area contributed by atoms with Crippen LogP contribution in [0.2, 0.25) is 10.3 Å². The average Bonchev–Trinajstić information content (AvgIpc) is 2.09. The number of pyridine rings is 1. The quantitative estimate of drug-likeness (QED) is 0.437. The largest absolute Gasteiger partial charge is 0.235 e. The predicted molar refractivity (Wildman–Crippen MR) is 46.0 cm³/mol. The molecule has 0 aromatic carbocycles. The van der Waals surface area contributed by atoms with Crippen molar-refractivity contribution in [1.82, 2.24) is 4.98 Å². The summed E-state index contributed by atoms with van der Waals surface area (Å²) in [6, 6.07) is 1.08. The minimum Gasteiger partial charge on any atom is -0.221 e. The Morgan fingerprint density at radius 3 is 2.85 bits per heavy atom. The molecular weight excluding hydrogens is 218 g/mol. The molecule has 0 fully saturated rings. The SMILES string of the molecule is O=C=NCc1cc(F)c(Cl)nc1Cl. The second kappa shape index (κ2) is 4.33. The maximum atomic E-state index is 12.8. The van der Waals surface area contributed by atoms with Gasteiger partial charge in [-0.15, -0.1) is 0 Å². The van der Waals surface area contributed by atoms with Gasteiger partial charge >= 0.3 is 0 Å². The molecule has 0 saturated heterocycles. The summed E-state index contributed by atoms with van der Waals surface area (Å²) in [5.74, 6) is -0.692. The molecule has 1 aromatic heterocycles. The summed E-state index contributed by atoms with van der Waals surface area (Å²) in [6.45, 7) is -0.0522. The van der Waals surface area contributed by atoms with E-state index in [-0.39, 0.29) is 16.9 Å². The van der Waals surface area contributed by atoms with E-state index in [0.29, 0.717) is 5.56 Å². The lowest BCUT2D eigenvalue weighted by molar-refractivity contribution is 0.562. The van der Waals surface area contributed by atoms with E-state index in [4.69, 9.17) is 23.2 Å². The van der Waals surface area contributed by atoms with Crippen molar-refractivity contribution in [2.45, 2.75) is 6.54 Å². The third kappa shape index (κ3) is 2.49. The summed E-state index contributed by atoms with van der Waals surface area (Å²) in [5.41, 5.74) is 0.298. The van der Waals surface area contributed by atoms with Crippen LogP contribution in [0, 0.1) is 5.82 Å². The number of aromatic nitrogens is 1. The van der Waals surface area contributed by atoms with Crippen molar-refractivity contribution in [2.75, 3.05) is 0 Å². The molecule has 1 heterocycles. The van der Waals surface area contributed by atoms with Gasteiger partial charge in [0.25, 0.3) is 0 Å². The first-order valence-electron chi connectivity index (χ1n) is 3.19. The van der Waals surface area contributed by atoms with Gasteiger partial charge in [-0.2, -0.15) is 0 Å². The van der Waals surface area contributed by atoms with Gasteiger partial charge in [-0.05, 0) is 6.07 Å². The number of rotatable bonds is 2. The maximum Gasteiger partial charge on any atom is 0.235 e. The Bertz CT molecular complexity index is 377. The van der Waals surface area contributed by atoms with Gasteiger partial charge in [0.05, 0.1) is 6.54 Å². The van der Waals surface area contributed by atoms with Crippen LogP contribution in [0.25, 0.3) is 0 Å². The molecule has 0 unspecified atom stereocenters. The lowest BCUT2D eigenvalue weighted by Gasteiger charge is -1.99. The van der Waals surface area contributed by atoms with Crippen LogP contribution < -0.4 is 0 Å². The third-order valence-electron chi connectivity index (χ3n) is 1.27. The number of halogens is 3. The predicted octanol–water partition coefficient (Wildman–Crippen LogP) is 2.36. The van der Waals surface area contributed by atoms with E-state index in [9.17, 15) is 9.18 Å². The smallest absolute Gasteiger partial charge is 0.221 e. The zero-order chi connectivity index (χ0) is 9.84. The highest BCUT2D eigenvalue weighted by Crippen LogP contribution is 2.20. The number of isocyanates is 1. The van der Waals surface area contributed by atoms with E-state index in [1.807, 2.05) is 0 Å². The van der Waals surface area contributed by atoms with Crippen molar-refractivity contribution in [1.29, 1.82) is 0 Å². The molecule has 0 spiro atoms. The zero-order valence-electron chi connectivity index (χ0n) is 6.22. The van der Waals surface area contributed by atoms with Crippen LogP contribution in [-0.2, 0) is 11.3 Å². The Hall–Kier alpha value is -0.960. The van der Waals surface area contributed by atoms with Crippen molar-refractivity contribution in [2.24, 2.45) is 4.99 Å². The minimum atomic E-state index is -0.692. The Morgan fingerprint density at radius 1 is 1.54 bits per heavy atom. The number of carbonyl (C=O) groups excluding carboxylic acids is 1. The molecule has 6 heteroatoms. The Labute approximate surface area is 83.2 Å². The molecule has 0 radical (unpaired) electrons. The van der Waals surface area contributed by atoms with Crippen LogP contribution in [0.4, 0.5) is 4.39 Å². The van der Waals surface area contributed by atoms with Gasteiger partial charge in [-0.25, -0.2) is 19.2 Å². The lowest BCUT2D eigenvalue weighted by atomic mass is 10.3. The number of nitrogens with zero attached hydrogens (tertiary/aromatic N) is 2. The van der Waals surface area contributed by atoms with Crippen LogP contribution in [0.15, 0.2) is 11.1 Å². The summed E-state index contributed by atoms with van der Waals surface area (Å²) in [5, 5.41) is -0.269. The first-order valence-corrected chi connectivity index (χ1v) is 3.94. The summed E-state index contributed by atoms with van der Waals surface area (Å²) < 4.78 is 12.8. The monoisotopic (exact) mass is 220 g/mol. The van der Waals surface area contributed by atoms with Gasteiger partial charge in [0, 0.05) is 5.56 Å². The highest BCUT2D eigenvalue weighted by atomic mass is 35.5. The molecule has 0 saturated carbocycles. The standard InChI is InChI=1S/C7H3Cl2FN2O/c8-6-4(2-11-3-13)1-5(10)7(9)12-6/h1H,2H2. The van der Waals surface area contributed by atoms with Gasteiger partial charge in [0.1, 0.15) is 5.15 Å². The normalized spacial score (nSPS) is 9.46. The fraction of sp³-hybridized carbons (Fsp3) is 0.143. The van der Waals surface area contributed by atoms with Crippen molar-refractivity contribution in [3.63, 3.8) is 0 Å². The number of hydrogen-bond donors (Lipinski definition) is 0. The van der Waals surface area contributed by atoms with E-state index in [2.05, 4.69) is 9.98 Å². The van der Waals surface area contributed by atoms with Crippen LogP contribution in [-0.4, -0.2) is 11.1 Å². The Morgan fingerprint density at radius 2 is 2.23 bits per heavy atom. The van der Waals surface area contributed by atoms with E-state index >= 15 is 0 Å². The Kier molecular flexibility index (Phi) is 3.37. The average molecular weight is 221 g/mol. The molecule has 0 aliphatic rings. The molecule has 0 aliphatic heterocycles. The minimum absolute atomic E-state index is 0.0328. The Balaban J connectivity index is 3.07. The van der Waals surface area contributed by atoms with Gasteiger partial charge in [-0.3, -0.25) is 0 Å². The van der Waals surface area contributed by atoms with Crippen LogP contribution in [0.1, 0.15) is 5.56 Å². The molecular formula is C7H3Cl2FN2O. The molecule has 68 valence electrons. The van der Waals surface area contributed by atoms with Gasteiger partial charge in [0.15, 0.2) is 11.0 Å². The first-order chi connectivity index (χ1) is 6.15. The third-order valence-corrected chi connectivity index (χ3v) is 1.87. The lowest BCUT2D eigenvalue weighted by Crippen LogP contribution is -1.91. The zero-order valence-corrected chi connectivity index (χ0v) is 7.73. The van der Waals surface area contributed by atoms with Crippen LogP contribution in [0.3, 0.4) is 0 Å². The molecule has 1 aromatic rings. The molecule has 0 N–H and O–H groups in total. The van der Waals surface area contributed by atoms with Gasteiger partial charge < -0.3 is 0 Å². The molecule has 0 atom stereocenters. The second-order valence-corrected chi connectivity index (χ2v) is 2.83. The molecule has 3 nitrogen and oxygen atoms in total. The van der Waals surface area contributed by atoms with E-state index in [0.717, 1.165) is 6.07 Å². The van der Waals surface area contributed by atoms with Crippen molar-refractivity contribution in [3.8, 4) is 0 Å². The molecule has 0 aliphatic carbocycles. The molecule has 0 amide bonds. The molecule has 0 bridgehead atoms. The molecule has 1 rings (SSSR count). The fourth-order valence-electron chi connectivity index (χ4n) is 0.712. The van der Waals surface area contributed by atoms with Crippen molar-refractivity contribution >= 4 is 29.3 Å². The summed E-state index contributed by atoms with van der Waals surface area (Å²) in [7, 11) is 0. The summed E-state index contributed by atoms with van der Waals surface area (Å²) in [6.07, 6.45) is 1.31. The summed E-state index contributed by atoms with van der Waals surface area (Å²) in [4.78, 5) is 16.5. The molecule has 13 heavy (non-hydrogen) atoms. The van der Waals surface area contributed by atoms with Crippen molar-refractivity contribution in [3.05, 3.63) is 27.8 Å².